The van der Waals surface area contributed by atoms with Crippen molar-refractivity contribution < 1.29 is 19.1 Å². The van der Waals surface area contributed by atoms with Gasteiger partial charge in [0.25, 0.3) is 0 Å². The molecule has 4 amide bonds. The topological polar surface area (TPSA) is 99.8 Å². The molecule has 3 N–H and O–H groups in total. The van der Waals surface area contributed by atoms with Crippen molar-refractivity contribution in [3.8, 4) is 0 Å². The number of ether oxygens (including phenoxy) is 1. The maximum Gasteiger partial charge on any atom is 0.409 e. The quantitative estimate of drug-likeness (QED) is 0.638. The molecule has 1 saturated heterocycles. The average molecular weight is 378 g/mol. The van der Waals surface area contributed by atoms with Crippen molar-refractivity contribution in [3.05, 3.63) is 0 Å². The Morgan fingerprint density at radius 2 is 1.48 bits per heavy atom. The van der Waals surface area contributed by atoms with Crippen LogP contribution >= 0.6 is 0 Å². The number of likely N-dealkylation sites (tertiary alicyclic amines) is 1. The van der Waals surface area contributed by atoms with Crippen LogP contribution in [0.25, 0.3) is 0 Å². The molecule has 8 heteroatoms. The maximum atomic E-state index is 12.8. The van der Waals surface area contributed by atoms with E-state index < -0.39 is 0 Å². The molecule has 0 spiro atoms. The minimum absolute atomic E-state index is 0.0117. The third-order valence-corrected chi connectivity index (χ3v) is 7.07. The molecule has 0 atom stereocenters. The van der Waals surface area contributed by atoms with Gasteiger partial charge in [0, 0.05) is 19.1 Å². The van der Waals surface area contributed by atoms with Gasteiger partial charge in [-0.1, -0.05) is 0 Å². The molecule has 5 aliphatic rings. The van der Waals surface area contributed by atoms with E-state index in [4.69, 9.17) is 4.74 Å². The first-order valence-electron chi connectivity index (χ1n) is 10.2. The molecule has 4 aliphatic carbocycles. The fraction of sp³-hybridized carbons (Fsp3) is 0.842. The van der Waals surface area contributed by atoms with Crippen LogP contribution in [0.3, 0.4) is 0 Å². The number of methoxy groups -OCH3 is 1. The zero-order valence-corrected chi connectivity index (χ0v) is 16.0. The maximum absolute atomic E-state index is 12.8. The Balaban J connectivity index is 1.22. The van der Waals surface area contributed by atoms with Crippen molar-refractivity contribution in [3.63, 3.8) is 0 Å². The number of hydrogen-bond donors (Lipinski definition) is 3. The largest absolute Gasteiger partial charge is 0.453 e. The fourth-order valence-electron chi connectivity index (χ4n) is 6.19. The summed E-state index contributed by atoms with van der Waals surface area (Å²) in [4.78, 5) is 38.1. The fourth-order valence-corrected chi connectivity index (χ4v) is 6.19. The number of amides is 4. The van der Waals surface area contributed by atoms with E-state index >= 15 is 0 Å². The number of nitrogens with one attached hydrogen (secondary N) is 3. The first-order chi connectivity index (χ1) is 13.0. The minimum atomic E-state index is -0.385. The molecule has 8 nitrogen and oxygen atoms in total. The van der Waals surface area contributed by atoms with Gasteiger partial charge in [0.05, 0.1) is 12.5 Å². The van der Waals surface area contributed by atoms with Crippen molar-refractivity contribution in [1.82, 2.24) is 21.1 Å². The molecule has 4 saturated carbocycles. The van der Waals surface area contributed by atoms with Gasteiger partial charge in [0.15, 0.2) is 0 Å². The van der Waals surface area contributed by atoms with E-state index in [0.717, 1.165) is 19.3 Å². The van der Waals surface area contributed by atoms with Gasteiger partial charge < -0.3 is 15.0 Å². The predicted octanol–water partition coefficient (Wildman–Crippen LogP) is 1.76. The highest BCUT2D eigenvalue weighted by atomic mass is 16.5. The molecule has 27 heavy (non-hydrogen) atoms. The summed E-state index contributed by atoms with van der Waals surface area (Å²) in [6, 6.07) is -0.396. The Kier molecular flexibility index (Phi) is 4.90. The first-order valence-corrected chi connectivity index (χ1v) is 10.2. The van der Waals surface area contributed by atoms with Crippen LogP contribution in [-0.2, 0) is 9.53 Å². The van der Waals surface area contributed by atoms with Crippen molar-refractivity contribution >= 4 is 18.0 Å². The summed E-state index contributed by atoms with van der Waals surface area (Å²) in [5.41, 5.74) is 4.95. The average Bonchev–Trinajstić information content (AvgIpc) is 2.65. The Morgan fingerprint density at radius 3 is 2.00 bits per heavy atom. The Bertz CT molecular complexity index is 580. The Labute approximate surface area is 159 Å². The minimum Gasteiger partial charge on any atom is -0.453 e. The number of carbonyl (C=O) groups is 3. The van der Waals surface area contributed by atoms with Gasteiger partial charge in [-0.3, -0.25) is 10.2 Å². The summed E-state index contributed by atoms with van der Waals surface area (Å²) in [6.45, 7) is 1.11. The molecule has 4 bridgehead atoms. The normalized spacial score (nSPS) is 34.9. The third-order valence-electron chi connectivity index (χ3n) is 7.07. The van der Waals surface area contributed by atoms with Crippen LogP contribution in [0.15, 0.2) is 0 Å². The van der Waals surface area contributed by atoms with E-state index in [0.29, 0.717) is 43.7 Å². The van der Waals surface area contributed by atoms with Gasteiger partial charge in [-0.25, -0.2) is 15.0 Å². The van der Waals surface area contributed by atoms with Crippen molar-refractivity contribution in [2.24, 2.45) is 23.2 Å². The van der Waals surface area contributed by atoms with Gasteiger partial charge in [0.1, 0.15) is 0 Å². The summed E-state index contributed by atoms with van der Waals surface area (Å²) in [5.74, 6) is 2.06. The number of hydrazine groups is 1. The van der Waals surface area contributed by atoms with E-state index in [1.807, 2.05) is 0 Å². The van der Waals surface area contributed by atoms with Crippen LogP contribution < -0.4 is 16.2 Å². The molecule has 1 aliphatic heterocycles. The van der Waals surface area contributed by atoms with Crippen LogP contribution in [0.5, 0.6) is 0 Å². The van der Waals surface area contributed by atoms with Crippen molar-refractivity contribution in [2.75, 3.05) is 20.2 Å². The zero-order valence-electron chi connectivity index (χ0n) is 16.0. The third kappa shape index (κ3) is 3.71. The summed E-state index contributed by atoms with van der Waals surface area (Å²) in [6.07, 6.45) is 7.78. The highest BCUT2D eigenvalue weighted by Gasteiger charge is 2.54. The highest BCUT2D eigenvalue weighted by Crippen LogP contribution is 2.59. The van der Waals surface area contributed by atoms with E-state index in [2.05, 4.69) is 16.2 Å². The number of urea groups is 1. The predicted molar refractivity (Wildman–Crippen MR) is 97.4 cm³/mol. The molecule has 5 rings (SSSR count). The van der Waals surface area contributed by atoms with Crippen LogP contribution in [0.4, 0.5) is 9.59 Å². The van der Waals surface area contributed by atoms with Crippen LogP contribution in [0.2, 0.25) is 0 Å². The summed E-state index contributed by atoms with van der Waals surface area (Å²) < 4.78 is 4.71. The number of rotatable bonds is 2. The molecule has 1 heterocycles. The smallest absolute Gasteiger partial charge is 0.409 e. The lowest BCUT2D eigenvalue weighted by atomic mass is 9.49. The lowest BCUT2D eigenvalue weighted by Crippen LogP contribution is -2.58. The second-order valence-electron chi connectivity index (χ2n) is 8.98. The molecule has 150 valence electrons. The van der Waals surface area contributed by atoms with Gasteiger partial charge in [-0.05, 0) is 69.1 Å². The van der Waals surface area contributed by atoms with E-state index in [9.17, 15) is 14.4 Å². The molecule has 5 fully saturated rings. The Hall–Kier alpha value is -1.99. The van der Waals surface area contributed by atoms with E-state index in [-0.39, 0.29) is 29.5 Å². The monoisotopic (exact) mass is 378 g/mol. The molecule has 0 aromatic rings. The first kappa shape index (κ1) is 18.4. The SMILES string of the molecule is COC(=O)N1CCC(NC(=O)NNC(=O)C23CC4CC(CC(C4)C2)C3)CC1. The van der Waals surface area contributed by atoms with Crippen molar-refractivity contribution in [1.29, 1.82) is 0 Å². The molecule has 0 aromatic carbocycles. The standard InChI is InChI=1S/C19H30N4O4/c1-27-18(26)23-4-2-15(3-5-23)20-17(25)22-21-16(24)19-9-12-6-13(10-19)8-14(7-12)11-19/h12-15H,2-11H2,1H3,(H,21,24)(H2,20,22,25). The molecule has 0 aromatic heterocycles. The lowest BCUT2D eigenvalue weighted by molar-refractivity contribution is -0.147. The van der Waals surface area contributed by atoms with Gasteiger partial charge >= 0.3 is 12.1 Å². The number of hydrogen-bond acceptors (Lipinski definition) is 4. The van der Waals surface area contributed by atoms with Gasteiger partial charge in [0.2, 0.25) is 5.91 Å². The van der Waals surface area contributed by atoms with Crippen LogP contribution in [0, 0.1) is 23.2 Å². The molecular weight excluding hydrogens is 348 g/mol. The molecule has 0 unspecified atom stereocenters. The van der Waals surface area contributed by atoms with Gasteiger partial charge in [-0.2, -0.15) is 0 Å². The summed E-state index contributed by atoms with van der Waals surface area (Å²) in [5, 5.41) is 2.88. The Morgan fingerprint density at radius 1 is 0.926 bits per heavy atom. The summed E-state index contributed by atoms with van der Waals surface area (Å²) in [7, 11) is 1.37. The van der Waals surface area contributed by atoms with Crippen LogP contribution in [0.1, 0.15) is 51.4 Å². The molecular formula is C19H30N4O4. The summed E-state index contributed by atoms with van der Waals surface area (Å²) >= 11 is 0. The van der Waals surface area contributed by atoms with E-state index in [1.165, 1.54) is 26.4 Å². The lowest BCUT2D eigenvalue weighted by Gasteiger charge is -2.55. The number of carbonyl (C=O) groups excluding carboxylic acids is 3. The number of nitrogens with zero attached hydrogens (tertiary/aromatic N) is 1. The second-order valence-corrected chi connectivity index (χ2v) is 8.98. The van der Waals surface area contributed by atoms with Gasteiger partial charge in [-0.15, -0.1) is 0 Å². The second kappa shape index (κ2) is 7.20. The van der Waals surface area contributed by atoms with Crippen molar-refractivity contribution in [2.45, 2.75) is 57.4 Å². The molecule has 0 radical (unpaired) electrons. The van der Waals surface area contributed by atoms with E-state index in [1.54, 1.807) is 4.90 Å². The highest BCUT2D eigenvalue weighted by molar-refractivity contribution is 5.85. The number of piperidine rings is 1. The van der Waals surface area contributed by atoms with Crippen LogP contribution in [-0.4, -0.2) is 49.2 Å². The zero-order chi connectivity index (χ0) is 19.0.